The molecule has 0 aromatic carbocycles. The van der Waals surface area contributed by atoms with Crippen LogP contribution in [0.15, 0.2) is 12.4 Å². The number of hydrogen-bond donors (Lipinski definition) is 2. The molecule has 1 saturated heterocycles. The minimum atomic E-state index is -0.723. The van der Waals surface area contributed by atoms with E-state index in [-0.39, 0.29) is 0 Å². The fourth-order valence-electron chi connectivity index (χ4n) is 2.34. The summed E-state index contributed by atoms with van der Waals surface area (Å²) >= 11 is 0. The molecule has 0 spiro atoms. The molecule has 0 radical (unpaired) electrons. The zero-order chi connectivity index (χ0) is 13.7. The van der Waals surface area contributed by atoms with Crippen molar-refractivity contribution in [2.75, 3.05) is 39.4 Å². The number of aryl methyl sites for hydroxylation is 1. The molecular weight excluding hydrogens is 244 g/mol. The van der Waals surface area contributed by atoms with Crippen LogP contribution in [0, 0.1) is 0 Å². The maximum atomic E-state index is 10.4. The fourth-order valence-corrected chi connectivity index (χ4v) is 2.34. The van der Waals surface area contributed by atoms with Crippen LogP contribution in [0.25, 0.3) is 0 Å². The topological polar surface area (TPSA) is 62.5 Å². The van der Waals surface area contributed by atoms with E-state index in [1.807, 2.05) is 26.4 Å². The third kappa shape index (κ3) is 4.91. The van der Waals surface area contributed by atoms with E-state index in [2.05, 4.69) is 15.3 Å². The quantitative estimate of drug-likeness (QED) is 0.734. The van der Waals surface area contributed by atoms with E-state index in [0.717, 1.165) is 38.4 Å². The lowest BCUT2D eigenvalue weighted by molar-refractivity contribution is -0.0219. The van der Waals surface area contributed by atoms with Crippen LogP contribution in [0.4, 0.5) is 0 Å². The standard InChI is InChI=1S/C13H24N4O2/c1-13(18,11-17-3-5-19-6-4-17)10-14-7-12-8-15-16(2)9-12/h8-9,14,18H,3-7,10-11H2,1-2H3. The van der Waals surface area contributed by atoms with Gasteiger partial charge in [0.1, 0.15) is 0 Å². The molecule has 2 rings (SSSR count). The van der Waals surface area contributed by atoms with Gasteiger partial charge in [0, 0.05) is 51.5 Å². The van der Waals surface area contributed by atoms with Crippen LogP contribution in [0.3, 0.4) is 0 Å². The Morgan fingerprint density at radius 1 is 1.47 bits per heavy atom. The number of hydrogen-bond acceptors (Lipinski definition) is 5. The average Bonchev–Trinajstić information content (AvgIpc) is 2.75. The molecule has 6 nitrogen and oxygen atoms in total. The SMILES string of the molecule is Cn1cc(CNCC(C)(O)CN2CCOCC2)cn1. The van der Waals surface area contributed by atoms with E-state index >= 15 is 0 Å². The Morgan fingerprint density at radius 2 is 2.21 bits per heavy atom. The van der Waals surface area contributed by atoms with E-state index < -0.39 is 5.60 Å². The summed E-state index contributed by atoms with van der Waals surface area (Å²) in [7, 11) is 1.90. The Morgan fingerprint density at radius 3 is 2.84 bits per heavy atom. The van der Waals surface area contributed by atoms with Crippen LogP contribution in [-0.2, 0) is 18.3 Å². The summed E-state index contributed by atoms with van der Waals surface area (Å²) in [5.74, 6) is 0. The lowest BCUT2D eigenvalue weighted by atomic mass is 10.1. The summed E-state index contributed by atoms with van der Waals surface area (Å²) in [6.45, 7) is 7.18. The molecule has 1 atom stereocenters. The number of aliphatic hydroxyl groups is 1. The van der Waals surface area contributed by atoms with Crippen molar-refractivity contribution < 1.29 is 9.84 Å². The van der Waals surface area contributed by atoms with Gasteiger partial charge in [-0.25, -0.2) is 0 Å². The highest BCUT2D eigenvalue weighted by molar-refractivity contribution is 5.03. The van der Waals surface area contributed by atoms with Gasteiger partial charge >= 0.3 is 0 Å². The largest absolute Gasteiger partial charge is 0.388 e. The van der Waals surface area contributed by atoms with Crippen LogP contribution in [0.2, 0.25) is 0 Å². The van der Waals surface area contributed by atoms with Crippen molar-refractivity contribution in [3.63, 3.8) is 0 Å². The van der Waals surface area contributed by atoms with Gasteiger partial charge in [-0.2, -0.15) is 5.10 Å². The third-order valence-corrected chi connectivity index (χ3v) is 3.26. The van der Waals surface area contributed by atoms with E-state index in [0.29, 0.717) is 13.1 Å². The van der Waals surface area contributed by atoms with Gasteiger partial charge in [0.15, 0.2) is 0 Å². The molecule has 1 aliphatic heterocycles. The van der Waals surface area contributed by atoms with Gasteiger partial charge in [-0.05, 0) is 6.92 Å². The molecule has 0 saturated carbocycles. The Kier molecular flexibility index (Phi) is 4.93. The summed E-state index contributed by atoms with van der Waals surface area (Å²) in [5.41, 5.74) is 0.407. The lowest BCUT2D eigenvalue weighted by Crippen LogP contribution is -2.50. The lowest BCUT2D eigenvalue weighted by Gasteiger charge is -2.33. The maximum absolute atomic E-state index is 10.4. The van der Waals surface area contributed by atoms with Crippen LogP contribution in [0.1, 0.15) is 12.5 Å². The highest BCUT2D eigenvalue weighted by Crippen LogP contribution is 2.08. The second-order valence-electron chi connectivity index (χ2n) is 5.51. The average molecular weight is 268 g/mol. The van der Waals surface area contributed by atoms with Crippen molar-refractivity contribution >= 4 is 0 Å². The number of aromatic nitrogens is 2. The second-order valence-corrected chi connectivity index (χ2v) is 5.51. The van der Waals surface area contributed by atoms with Crippen molar-refractivity contribution in [2.45, 2.75) is 19.1 Å². The van der Waals surface area contributed by atoms with Crippen molar-refractivity contribution in [3.8, 4) is 0 Å². The first-order chi connectivity index (χ1) is 9.05. The molecule has 19 heavy (non-hydrogen) atoms. The molecule has 0 aliphatic carbocycles. The number of morpholine rings is 1. The van der Waals surface area contributed by atoms with Crippen molar-refractivity contribution in [1.29, 1.82) is 0 Å². The first-order valence-electron chi connectivity index (χ1n) is 6.76. The second kappa shape index (κ2) is 6.47. The summed E-state index contributed by atoms with van der Waals surface area (Å²) < 4.78 is 7.09. The molecule has 2 N–H and O–H groups in total. The molecule has 0 amide bonds. The van der Waals surface area contributed by atoms with Crippen LogP contribution in [-0.4, -0.2) is 64.8 Å². The Bertz CT molecular complexity index is 386. The Hall–Kier alpha value is -0.950. The van der Waals surface area contributed by atoms with Gasteiger partial charge in [0.05, 0.1) is 25.0 Å². The van der Waals surface area contributed by atoms with Crippen molar-refractivity contribution in [1.82, 2.24) is 20.0 Å². The van der Waals surface area contributed by atoms with E-state index in [9.17, 15) is 5.11 Å². The number of nitrogens with zero attached hydrogens (tertiary/aromatic N) is 3. The van der Waals surface area contributed by atoms with Gasteiger partial charge in [-0.3, -0.25) is 9.58 Å². The highest BCUT2D eigenvalue weighted by Gasteiger charge is 2.24. The highest BCUT2D eigenvalue weighted by atomic mass is 16.5. The summed E-state index contributed by atoms with van der Waals surface area (Å²) in [6.07, 6.45) is 3.81. The normalized spacial score (nSPS) is 20.4. The minimum Gasteiger partial charge on any atom is -0.388 e. The van der Waals surface area contributed by atoms with E-state index in [1.54, 1.807) is 4.68 Å². The zero-order valence-corrected chi connectivity index (χ0v) is 11.8. The van der Waals surface area contributed by atoms with Crippen LogP contribution in [0.5, 0.6) is 0 Å². The molecule has 1 fully saturated rings. The first kappa shape index (κ1) is 14.5. The number of ether oxygens (including phenoxy) is 1. The molecular formula is C13H24N4O2. The molecule has 108 valence electrons. The molecule has 1 aromatic heterocycles. The smallest absolute Gasteiger partial charge is 0.0869 e. The molecule has 2 heterocycles. The molecule has 1 aliphatic rings. The summed E-state index contributed by atoms with van der Waals surface area (Å²) in [4.78, 5) is 2.25. The van der Waals surface area contributed by atoms with Crippen molar-refractivity contribution in [3.05, 3.63) is 18.0 Å². The van der Waals surface area contributed by atoms with Gasteiger partial charge < -0.3 is 15.2 Å². The van der Waals surface area contributed by atoms with E-state index in [4.69, 9.17) is 4.74 Å². The predicted molar refractivity (Wildman–Crippen MR) is 72.8 cm³/mol. The monoisotopic (exact) mass is 268 g/mol. The van der Waals surface area contributed by atoms with Gasteiger partial charge in [0.25, 0.3) is 0 Å². The fraction of sp³-hybridized carbons (Fsp3) is 0.769. The summed E-state index contributed by atoms with van der Waals surface area (Å²) in [5, 5.41) is 17.8. The molecule has 6 heteroatoms. The maximum Gasteiger partial charge on any atom is 0.0869 e. The van der Waals surface area contributed by atoms with Crippen LogP contribution >= 0.6 is 0 Å². The van der Waals surface area contributed by atoms with Crippen LogP contribution < -0.4 is 5.32 Å². The number of nitrogens with one attached hydrogen (secondary N) is 1. The molecule has 1 aromatic rings. The van der Waals surface area contributed by atoms with Crippen molar-refractivity contribution in [2.24, 2.45) is 7.05 Å². The predicted octanol–water partition coefficient (Wildman–Crippen LogP) is -0.407. The minimum absolute atomic E-state index is 0.569. The van der Waals surface area contributed by atoms with Gasteiger partial charge in [0.2, 0.25) is 0 Å². The Labute approximate surface area is 114 Å². The zero-order valence-electron chi connectivity index (χ0n) is 11.8. The molecule has 1 unspecified atom stereocenters. The first-order valence-corrected chi connectivity index (χ1v) is 6.76. The number of rotatable bonds is 6. The number of β-amino-alcohol motifs (C(OH)–C–C–N with tert-alkyl or cyclic N) is 1. The van der Waals surface area contributed by atoms with E-state index in [1.165, 1.54) is 0 Å². The van der Waals surface area contributed by atoms with Gasteiger partial charge in [-0.1, -0.05) is 0 Å². The Balaban J connectivity index is 1.70. The summed E-state index contributed by atoms with van der Waals surface area (Å²) in [6, 6.07) is 0. The van der Waals surface area contributed by atoms with Gasteiger partial charge in [-0.15, -0.1) is 0 Å². The molecule has 0 bridgehead atoms. The third-order valence-electron chi connectivity index (χ3n) is 3.26.